The van der Waals surface area contributed by atoms with Crippen molar-refractivity contribution in [3.05, 3.63) is 65.1 Å². The molecule has 0 unspecified atom stereocenters. The first-order chi connectivity index (χ1) is 13.8. The molecule has 13 heteroatoms. The summed E-state index contributed by atoms with van der Waals surface area (Å²) in [6.07, 6.45) is 4.26. The molecule has 2 aromatic heterocycles. The lowest BCUT2D eigenvalue weighted by Crippen LogP contribution is -2.16. The van der Waals surface area contributed by atoms with Crippen LogP contribution in [-0.4, -0.2) is 39.0 Å². The summed E-state index contributed by atoms with van der Waals surface area (Å²) in [5, 5.41) is 16.9. The van der Waals surface area contributed by atoms with Crippen LogP contribution in [0.3, 0.4) is 0 Å². The number of hydrogen-bond acceptors (Lipinski definition) is 8. The average molecular weight is 417 g/mol. The molecule has 0 spiro atoms. The van der Waals surface area contributed by atoms with E-state index in [0.717, 1.165) is 0 Å². The van der Waals surface area contributed by atoms with E-state index in [1.165, 1.54) is 53.6 Å². The number of benzene rings is 1. The molecule has 1 aromatic carbocycles. The van der Waals surface area contributed by atoms with E-state index in [0.29, 0.717) is 5.69 Å². The van der Waals surface area contributed by atoms with Crippen molar-refractivity contribution in [1.29, 1.82) is 0 Å². The SMILES string of the molecule is O=C(CCn1ccc([N+](=O)[O-])n1)Nc1ccc(S(=O)(=O)Nc2ncccn2)cc1. The lowest BCUT2D eigenvalue weighted by atomic mass is 10.3. The summed E-state index contributed by atoms with van der Waals surface area (Å²) in [6, 6.07) is 8.35. The number of nitrogens with zero attached hydrogens (tertiary/aromatic N) is 5. The molecule has 150 valence electrons. The molecule has 29 heavy (non-hydrogen) atoms. The number of aryl methyl sites for hydroxylation is 1. The molecule has 0 aliphatic heterocycles. The predicted octanol–water partition coefficient (Wildman–Crippen LogP) is 1.41. The summed E-state index contributed by atoms with van der Waals surface area (Å²) < 4.78 is 28.2. The molecule has 0 saturated carbocycles. The Labute approximate surface area is 164 Å². The van der Waals surface area contributed by atoms with Gasteiger partial charge in [-0.2, -0.15) is 4.68 Å². The van der Waals surface area contributed by atoms with Gasteiger partial charge >= 0.3 is 5.82 Å². The molecule has 3 rings (SSSR count). The highest BCUT2D eigenvalue weighted by Crippen LogP contribution is 2.16. The van der Waals surface area contributed by atoms with Gasteiger partial charge in [-0.25, -0.2) is 23.1 Å². The lowest BCUT2D eigenvalue weighted by molar-refractivity contribution is -0.389. The van der Waals surface area contributed by atoms with Gasteiger partial charge in [-0.15, -0.1) is 0 Å². The van der Waals surface area contributed by atoms with Crippen molar-refractivity contribution in [3.63, 3.8) is 0 Å². The van der Waals surface area contributed by atoms with E-state index in [4.69, 9.17) is 0 Å². The molecule has 2 N–H and O–H groups in total. The fraction of sp³-hybridized carbons (Fsp3) is 0.125. The van der Waals surface area contributed by atoms with Gasteiger partial charge in [0.25, 0.3) is 10.0 Å². The maximum Gasteiger partial charge on any atom is 0.389 e. The van der Waals surface area contributed by atoms with Gasteiger partial charge in [0.2, 0.25) is 11.9 Å². The van der Waals surface area contributed by atoms with Crippen LogP contribution in [0.1, 0.15) is 6.42 Å². The Bertz CT molecular complexity index is 1110. The quantitative estimate of drug-likeness (QED) is 0.410. The van der Waals surface area contributed by atoms with Crippen molar-refractivity contribution in [2.24, 2.45) is 0 Å². The lowest BCUT2D eigenvalue weighted by Gasteiger charge is -2.08. The standard InChI is InChI=1S/C16H15N7O5S/c24-15(7-11-22-10-6-14(20-22)23(25)26)19-12-2-4-13(5-3-12)29(27,28)21-16-17-8-1-9-18-16/h1-6,8-10H,7,11H2,(H,19,24)(H,17,18,21). The van der Waals surface area contributed by atoms with Gasteiger partial charge < -0.3 is 15.4 Å². The third kappa shape index (κ3) is 5.32. The van der Waals surface area contributed by atoms with Crippen LogP contribution in [0.5, 0.6) is 0 Å². The van der Waals surface area contributed by atoms with Crippen molar-refractivity contribution >= 4 is 33.4 Å². The van der Waals surface area contributed by atoms with E-state index in [9.17, 15) is 23.3 Å². The zero-order valence-corrected chi connectivity index (χ0v) is 15.6. The Morgan fingerprint density at radius 2 is 1.83 bits per heavy atom. The minimum Gasteiger partial charge on any atom is -0.358 e. The monoisotopic (exact) mass is 417 g/mol. The second-order valence-electron chi connectivity index (χ2n) is 5.69. The predicted molar refractivity (Wildman–Crippen MR) is 101 cm³/mol. The molecule has 1 amide bonds. The van der Waals surface area contributed by atoms with Crippen LogP contribution in [0, 0.1) is 10.1 Å². The van der Waals surface area contributed by atoms with Crippen LogP contribution in [0.2, 0.25) is 0 Å². The number of sulfonamides is 1. The van der Waals surface area contributed by atoms with Gasteiger partial charge in [0.15, 0.2) is 0 Å². The van der Waals surface area contributed by atoms with Gasteiger partial charge in [-0.1, -0.05) is 0 Å². The summed E-state index contributed by atoms with van der Waals surface area (Å²) in [5.74, 6) is -0.699. The van der Waals surface area contributed by atoms with Crippen molar-refractivity contribution in [2.75, 3.05) is 10.0 Å². The van der Waals surface area contributed by atoms with E-state index in [1.807, 2.05) is 0 Å². The topological polar surface area (TPSA) is 162 Å². The molecular formula is C16H15N7O5S. The highest BCUT2D eigenvalue weighted by Gasteiger charge is 2.16. The fourth-order valence-corrected chi connectivity index (χ4v) is 3.22. The number of hydrogen-bond donors (Lipinski definition) is 2. The Morgan fingerprint density at radius 1 is 1.14 bits per heavy atom. The molecular weight excluding hydrogens is 402 g/mol. The van der Waals surface area contributed by atoms with E-state index in [2.05, 4.69) is 25.1 Å². The molecule has 0 fully saturated rings. The fourth-order valence-electron chi connectivity index (χ4n) is 2.26. The Morgan fingerprint density at radius 3 is 2.45 bits per heavy atom. The van der Waals surface area contributed by atoms with Crippen LogP contribution < -0.4 is 10.0 Å². The molecule has 0 atom stereocenters. The van der Waals surface area contributed by atoms with Gasteiger partial charge in [-0.3, -0.25) is 4.79 Å². The summed E-state index contributed by atoms with van der Waals surface area (Å²) >= 11 is 0. The summed E-state index contributed by atoms with van der Waals surface area (Å²) in [7, 11) is -3.86. The Balaban J connectivity index is 1.56. The number of aromatic nitrogens is 4. The van der Waals surface area contributed by atoms with Crippen molar-refractivity contribution < 1.29 is 18.1 Å². The van der Waals surface area contributed by atoms with E-state index in [-0.39, 0.29) is 35.5 Å². The molecule has 0 saturated heterocycles. The second-order valence-corrected chi connectivity index (χ2v) is 7.38. The molecule has 0 radical (unpaired) electrons. The van der Waals surface area contributed by atoms with E-state index in [1.54, 1.807) is 6.07 Å². The van der Waals surface area contributed by atoms with Crippen LogP contribution in [0.25, 0.3) is 0 Å². The first kappa shape index (κ1) is 19.9. The summed E-state index contributed by atoms with van der Waals surface area (Å²) in [4.78, 5) is 29.6. The zero-order chi connectivity index (χ0) is 20.9. The van der Waals surface area contributed by atoms with Crippen LogP contribution >= 0.6 is 0 Å². The van der Waals surface area contributed by atoms with E-state index >= 15 is 0 Å². The smallest absolute Gasteiger partial charge is 0.358 e. The number of carbonyl (C=O) groups is 1. The van der Waals surface area contributed by atoms with Gasteiger partial charge in [-0.05, 0) is 35.3 Å². The highest BCUT2D eigenvalue weighted by molar-refractivity contribution is 7.92. The number of rotatable bonds is 8. The van der Waals surface area contributed by atoms with E-state index < -0.39 is 14.9 Å². The van der Waals surface area contributed by atoms with Gasteiger partial charge in [0.1, 0.15) is 0 Å². The Kier molecular flexibility index (Phi) is 5.78. The minimum atomic E-state index is -3.86. The average Bonchev–Trinajstić information content (AvgIpc) is 3.17. The second kappa shape index (κ2) is 8.43. The number of amides is 1. The molecule has 2 heterocycles. The van der Waals surface area contributed by atoms with Crippen molar-refractivity contribution in [1.82, 2.24) is 19.7 Å². The molecule has 0 aliphatic carbocycles. The zero-order valence-electron chi connectivity index (χ0n) is 14.8. The first-order valence-electron chi connectivity index (χ1n) is 8.21. The normalized spacial score (nSPS) is 11.0. The largest absolute Gasteiger partial charge is 0.389 e. The van der Waals surface area contributed by atoms with Gasteiger partial charge in [0, 0.05) is 24.5 Å². The van der Waals surface area contributed by atoms with Crippen molar-refractivity contribution in [3.8, 4) is 0 Å². The van der Waals surface area contributed by atoms with Crippen molar-refractivity contribution in [2.45, 2.75) is 17.9 Å². The van der Waals surface area contributed by atoms with Crippen LogP contribution in [0.15, 0.2) is 59.9 Å². The Hall–Kier alpha value is -3.87. The maximum absolute atomic E-state index is 12.3. The third-order valence-corrected chi connectivity index (χ3v) is 4.97. The molecule has 12 nitrogen and oxygen atoms in total. The number of nitro groups is 1. The number of nitrogens with one attached hydrogen (secondary N) is 2. The maximum atomic E-state index is 12.3. The molecule has 3 aromatic rings. The van der Waals surface area contributed by atoms with Gasteiger partial charge in [0.05, 0.1) is 28.8 Å². The minimum absolute atomic E-state index is 0.0215. The first-order valence-corrected chi connectivity index (χ1v) is 9.69. The van der Waals surface area contributed by atoms with Crippen LogP contribution in [-0.2, 0) is 21.4 Å². The summed E-state index contributed by atoms with van der Waals surface area (Å²) in [5.41, 5.74) is 0.399. The third-order valence-electron chi connectivity index (χ3n) is 3.62. The number of anilines is 2. The highest BCUT2D eigenvalue weighted by atomic mass is 32.2. The molecule has 0 aliphatic rings. The van der Waals surface area contributed by atoms with Crippen LogP contribution in [0.4, 0.5) is 17.5 Å². The summed E-state index contributed by atoms with van der Waals surface area (Å²) in [6.45, 7) is 0.160. The number of carbonyl (C=O) groups excluding carboxylic acids is 1. The molecule has 0 bridgehead atoms.